The zero-order chi connectivity index (χ0) is 19.4. The zero-order valence-electron chi connectivity index (χ0n) is 15.5. The fourth-order valence-electron chi connectivity index (χ4n) is 2.98. The lowest BCUT2D eigenvalue weighted by molar-refractivity contribution is 0.102. The van der Waals surface area contributed by atoms with Crippen LogP contribution in [-0.2, 0) is 6.54 Å². The summed E-state index contributed by atoms with van der Waals surface area (Å²) in [6.45, 7) is 4.33. The summed E-state index contributed by atoms with van der Waals surface area (Å²) in [5, 5.41) is 7.76. The standard InChI is InChI=1S/C21H22FN3O2/c1-3-4-7-12-25-21(27)16-9-6-5-8-15(16)19(24-25)20(26)23-18-13-14(2)10-11-17(18)22/h5-6,8-11,13H,3-4,7,12H2,1-2H3,(H,23,26). The molecule has 0 aliphatic carbocycles. The lowest BCUT2D eigenvalue weighted by Gasteiger charge is -2.12. The van der Waals surface area contributed by atoms with E-state index >= 15 is 0 Å². The predicted octanol–water partition coefficient (Wildman–Crippen LogP) is 4.29. The first-order chi connectivity index (χ1) is 13.0. The number of anilines is 1. The number of amides is 1. The third kappa shape index (κ3) is 4.05. The van der Waals surface area contributed by atoms with Crippen molar-refractivity contribution in [3.8, 4) is 0 Å². The van der Waals surface area contributed by atoms with Crippen LogP contribution >= 0.6 is 0 Å². The summed E-state index contributed by atoms with van der Waals surface area (Å²) in [7, 11) is 0. The Morgan fingerprint density at radius 2 is 1.89 bits per heavy atom. The third-order valence-corrected chi connectivity index (χ3v) is 4.43. The zero-order valence-corrected chi connectivity index (χ0v) is 15.5. The molecule has 140 valence electrons. The number of unbranched alkanes of at least 4 members (excludes halogenated alkanes) is 2. The number of aryl methyl sites for hydroxylation is 2. The molecular weight excluding hydrogens is 345 g/mol. The van der Waals surface area contributed by atoms with Crippen molar-refractivity contribution in [3.63, 3.8) is 0 Å². The molecule has 0 aliphatic heterocycles. The van der Waals surface area contributed by atoms with Gasteiger partial charge in [-0.05, 0) is 37.1 Å². The summed E-state index contributed by atoms with van der Waals surface area (Å²) >= 11 is 0. The van der Waals surface area contributed by atoms with E-state index in [-0.39, 0.29) is 16.9 Å². The van der Waals surface area contributed by atoms with Crippen molar-refractivity contribution < 1.29 is 9.18 Å². The highest BCUT2D eigenvalue weighted by Gasteiger charge is 2.18. The number of carbonyl (C=O) groups excluding carboxylic acids is 1. The number of halogens is 1. The van der Waals surface area contributed by atoms with Gasteiger partial charge in [-0.15, -0.1) is 0 Å². The van der Waals surface area contributed by atoms with Crippen molar-refractivity contribution in [2.24, 2.45) is 0 Å². The second-order valence-corrected chi connectivity index (χ2v) is 6.57. The molecule has 6 heteroatoms. The summed E-state index contributed by atoms with van der Waals surface area (Å²) in [6, 6.07) is 11.4. The Morgan fingerprint density at radius 1 is 1.15 bits per heavy atom. The summed E-state index contributed by atoms with van der Waals surface area (Å²) in [6.07, 6.45) is 2.79. The van der Waals surface area contributed by atoms with E-state index in [2.05, 4.69) is 17.3 Å². The highest BCUT2D eigenvalue weighted by molar-refractivity contribution is 6.11. The lowest BCUT2D eigenvalue weighted by Crippen LogP contribution is -2.28. The predicted molar refractivity (Wildman–Crippen MR) is 105 cm³/mol. The number of rotatable bonds is 6. The van der Waals surface area contributed by atoms with E-state index in [1.165, 1.54) is 10.7 Å². The summed E-state index contributed by atoms with van der Waals surface area (Å²) in [4.78, 5) is 25.5. The van der Waals surface area contributed by atoms with Crippen LogP contribution in [0.3, 0.4) is 0 Å². The smallest absolute Gasteiger partial charge is 0.276 e. The number of hydrogen-bond acceptors (Lipinski definition) is 3. The Bertz CT molecular complexity index is 1040. The van der Waals surface area contributed by atoms with E-state index in [1.807, 2.05) is 6.92 Å². The second-order valence-electron chi connectivity index (χ2n) is 6.57. The van der Waals surface area contributed by atoms with Crippen LogP contribution in [0, 0.1) is 12.7 Å². The molecule has 1 amide bonds. The van der Waals surface area contributed by atoms with Gasteiger partial charge in [0.15, 0.2) is 5.69 Å². The average Bonchev–Trinajstić information content (AvgIpc) is 2.66. The largest absolute Gasteiger partial charge is 0.318 e. The maximum absolute atomic E-state index is 14.0. The van der Waals surface area contributed by atoms with E-state index in [0.29, 0.717) is 17.3 Å². The van der Waals surface area contributed by atoms with Crippen LogP contribution in [0.4, 0.5) is 10.1 Å². The number of nitrogens with zero attached hydrogens (tertiary/aromatic N) is 2. The summed E-state index contributed by atoms with van der Waals surface area (Å²) < 4.78 is 15.4. The van der Waals surface area contributed by atoms with Gasteiger partial charge in [-0.1, -0.05) is 44.0 Å². The van der Waals surface area contributed by atoms with Gasteiger partial charge < -0.3 is 5.32 Å². The van der Waals surface area contributed by atoms with Gasteiger partial charge in [0.1, 0.15) is 5.82 Å². The third-order valence-electron chi connectivity index (χ3n) is 4.43. The number of carbonyl (C=O) groups is 1. The molecule has 3 rings (SSSR count). The summed E-state index contributed by atoms with van der Waals surface area (Å²) in [5.41, 5.74) is 0.811. The Morgan fingerprint density at radius 3 is 2.63 bits per heavy atom. The first-order valence-electron chi connectivity index (χ1n) is 9.08. The van der Waals surface area contributed by atoms with E-state index < -0.39 is 11.7 Å². The molecular formula is C21H22FN3O2. The minimum atomic E-state index is -0.542. The van der Waals surface area contributed by atoms with Crippen LogP contribution < -0.4 is 10.9 Å². The molecule has 0 bridgehead atoms. The second kappa shape index (κ2) is 8.12. The van der Waals surface area contributed by atoms with Crippen LogP contribution in [0.25, 0.3) is 10.8 Å². The van der Waals surface area contributed by atoms with E-state index in [4.69, 9.17) is 0 Å². The number of hydrogen-bond donors (Lipinski definition) is 1. The van der Waals surface area contributed by atoms with E-state index in [1.54, 1.807) is 36.4 Å². The highest BCUT2D eigenvalue weighted by Crippen LogP contribution is 2.19. The molecule has 0 unspecified atom stereocenters. The maximum atomic E-state index is 14.0. The first-order valence-corrected chi connectivity index (χ1v) is 9.08. The number of fused-ring (bicyclic) bond motifs is 1. The fourth-order valence-corrected chi connectivity index (χ4v) is 2.98. The van der Waals surface area contributed by atoms with Gasteiger partial charge in [0.05, 0.1) is 11.1 Å². The molecule has 0 saturated heterocycles. The van der Waals surface area contributed by atoms with Crippen molar-refractivity contribution in [2.75, 3.05) is 5.32 Å². The number of nitrogens with one attached hydrogen (secondary N) is 1. The van der Waals surface area contributed by atoms with Crippen LogP contribution in [-0.4, -0.2) is 15.7 Å². The minimum Gasteiger partial charge on any atom is -0.318 e. The van der Waals surface area contributed by atoms with Crippen LogP contribution in [0.5, 0.6) is 0 Å². The topological polar surface area (TPSA) is 64.0 Å². The van der Waals surface area contributed by atoms with Crippen LogP contribution in [0.1, 0.15) is 42.2 Å². The molecule has 0 atom stereocenters. The van der Waals surface area contributed by atoms with Crippen molar-refractivity contribution in [1.82, 2.24) is 9.78 Å². The van der Waals surface area contributed by atoms with Crippen LogP contribution in [0.15, 0.2) is 47.3 Å². The monoisotopic (exact) mass is 367 g/mol. The van der Waals surface area contributed by atoms with Crippen molar-refractivity contribution in [1.29, 1.82) is 0 Å². The van der Waals surface area contributed by atoms with Gasteiger partial charge in [0.25, 0.3) is 11.5 Å². The molecule has 0 radical (unpaired) electrons. The molecule has 0 saturated carbocycles. The van der Waals surface area contributed by atoms with Crippen LogP contribution in [0.2, 0.25) is 0 Å². The number of aromatic nitrogens is 2. The molecule has 27 heavy (non-hydrogen) atoms. The molecule has 0 spiro atoms. The molecule has 1 aromatic heterocycles. The van der Waals surface area contributed by atoms with Crippen molar-refractivity contribution in [3.05, 3.63) is 69.9 Å². The number of benzene rings is 2. The molecule has 0 aliphatic rings. The molecule has 1 N–H and O–H groups in total. The Hall–Kier alpha value is -3.02. The SMILES string of the molecule is CCCCCn1nc(C(=O)Nc2cc(C)ccc2F)c2ccccc2c1=O. The summed E-state index contributed by atoms with van der Waals surface area (Å²) in [5.74, 6) is -1.06. The fraction of sp³-hybridized carbons (Fsp3) is 0.286. The van der Waals surface area contributed by atoms with E-state index in [9.17, 15) is 14.0 Å². The van der Waals surface area contributed by atoms with Crippen molar-refractivity contribution in [2.45, 2.75) is 39.7 Å². The molecule has 1 heterocycles. The normalized spacial score (nSPS) is 10.9. The van der Waals surface area contributed by atoms with Crippen molar-refractivity contribution >= 4 is 22.4 Å². The molecule has 0 fully saturated rings. The van der Waals surface area contributed by atoms with Gasteiger partial charge in [0, 0.05) is 11.9 Å². The van der Waals surface area contributed by atoms with Gasteiger partial charge in [-0.25, -0.2) is 9.07 Å². The maximum Gasteiger partial charge on any atom is 0.276 e. The Kier molecular flexibility index (Phi) is 5.64. The molecule has 2 aromatic carbocycles. The van der Waals surface area contributed by atoms with E-state index in [0.717, 1.165) is 24.8 Å². The first kappa shape index (κ1) is 18.8. The Balaban J connectivity index is 2.03. The average molecular weight is 367 g/mol. The minimum absolute atomic E-state index is 0.0922. The van der Waals surface area contributed by atoms with Gasteiger partial charge in [0.2, 0.25) is 0 Å². The highest BCUT2D eigenvalue weighted by atomic mass is 19.1. The Labute approximate surface area is 156 Å². The van der Waals surface area contributed by atoms with Gasteiger partial charge in [-0.3, -0.25) is 9.59 Å². The lowest BCUT2D eigenvalue weighted by atomic mass is 10.1. The molecule has 3 aromatic rings. The molecule has 5 nitrogen and oxygen atoms in total. The quantitative estimate of drug-likeness (QED) is 0.661. The van der Waals surface area contributed by atoms with Gasteiger partial charge in [-0.2, -0.15) is 5.10 Å². The van der Waals surface area contributed by atoms with Gasteiger partial charge >= 0.3 is 0 Å².